The van der Waals surface area contributed by atoms with Gasteiger partial charge in [-0.3, -0.25) is 9.59 Å². The highest BCUT2D eigenvalue weighted by atomic mass is 32.1. The molecule has 2 N–H and O–H groups in total. The van der Waals surface area contributed by atoms with Crippen LogP contribution in [-0.2, 0) is 9.59 Å². The van der Waals surface area contributed by atoms with Gasteiger partial charge in [-0.25, -0.2) is 4.98 Å². The van der Waals surface area contributed by atoms with Crippen LogP contribution in [0.5, 0.6) is 0 Å². The zero-order valence-electron chi connectivity index (χ0n) is 16.8. The fourth-order valence-electron chi connectivity index (χ4n) is 3.85. The number of carbonyl (C=O) groups excluding carboxylic acids is 2. The predicted octanol–water partition coefficient (Wildman–Crippen LogP) is 2.84. The van der Waals surface area contributed by atoms with E-state index in [0.717, 1.165) is 12.8 Å². The van der Waals surface area contributed by atoms with Crippen molar-refractivity contribution in [2.24, 2.45) is 11.7 Å². The van der Waals surface area contributed by atoms with Crippen LogP contribution in [-0.4, -0.2) is 59.8 Å². The van der Waals surface area contributed by atoms with Gasteiger partial charge in [0.25, 0.3) is 0 Å². The number of hydrogen-bond donors (Lipinski definition) is 1. The monoisotopic (exact) mass is 402 g/mol. The van der Waals surface area contributed by atoms with Gasteiger partial charge in [0.2, 0.25) is 0 Å². The van der Waals surface area contributed by atoms with Crippen LogP contribution in [0.15, 0.2) is 24.3 Å². The Labute approximate surface area is 170 Å². The number of para-hydroxylation sites is 1. The van der Waals surface area contributed by atoms with Gasteiger partial charge in [-0.1, -0.05) is 19.1 Å². The predicted molar refractivity (Wildman–Crippen MR) is 113 cm³/mol. The van der Waals surface area contributed by atoms with Crippen molar-refractivity contribution in [1.29, 1.82) is 0 Å². The lowest BCUT2D eigenvalue weighted by atomic mass is 9.98. The van der Waals surface area contributed by atoms with Gasteiger partial charge < -0.3 is 15.5 Å². The molecule has 2 amide bonds. The quantitative estimate of drug-likeness (QED) is 0.744. The Morgan fingerprint density at radius 3 is 2.50 bits per heavy atom. The molecular weight excluding hydrogens is 372 g/mol. The lowest BCUT2D eigenvalue weighted by Gasteiger charge is -2.29. The summed E-state index contributed by atoms with van der Waals surface area (Å²) < 4.78 is 1.33. The first-order valence-corrected chi connectivity index (χ1v) is 10.9. The SMILES string of the molecule is CC1CCCN(C(=O)C(N)=O)C1.CN1CCC(c2nc3ccccc3s2)CC1. The molecule has 0 spiro atoms. The van der Waals surface area contributed by atoms with Crippen molar-refractivity contribution in [1.82, 2.24) is 14.8 Å². The smallest absolute Gasteiger partial charge is 0.311 e. The van der Waals surface area contributed by atoms with Crippen molar-refractivity contribution in [2.75, 3.05) is 33.2 Å². The summed E-state index contributed by atoms with van der Waals surface area (Å²) in [4.78, 5) is 30.3. The number of benzene rings is 1. The normalized spacial score (nSPS) is 21.2. The summed E-state index contributed by atoms with van der Waals surface area (Å²) >= 11 is 1.88. The number of likely N-dealkylation sites (tertiary alicyclic amines) is 2. The molecule has 3 heterocycles. The van der Waals surface area contributed by atoms with Gasteiger partial charge in [0.05, 0.1) is 15.2 Å². The van der Waals surface area contributed by atoms with Crippen molar-refractivity contribution in [3.8, 4) is 0 Å². The molecule has 1 aromatic heterocycles. The maximum absolute atomic E-state index is 11.1. The average molecular weight is 403 g/mol. The molecule has 1 unspecified atom stereocenters. The number of primary amides is 1. The minimum atomic E-state index is -0.843. The van der Waals surface area contributed by atoms with Crippen LogP contribution in [0.2, 0.25) is 0 Å². The number of nitrogens with two attached hydrogens (primary N) is 1. The molecule has 2 fully saturated rings. The van der Waals surface area contributed by atoms with E-state index in [9.17, 15) is 9.59 Å². The van der Waals surface area contributed by atoms with Crippen LogP contribution in [0.3, 0.4) is 0 Å². The number of fused-ring (bicyclic) bond motifs is 1. The average Bonchev–Trinajstić information content (AvgIpc) is 3.12. The third-order valence-electron chi connectivity index (χ3n) is 5.53. The molecule has 1 atom stereocenters. The van der Waals surface area contributed by atoms with E-state index in [4.69, 9.17) is 10.7 Å². The molecule has 2 saturated heterocycles. The lowest BCUT2D eigenvalue weighted by Crippen LogP contribution is -2.45. The Morgan fingerprint density at radius 2 is 1.86 bits per heavy atom. The Bertz CT molecular complexity index is 781. The van der Waals surface area contributed by atoms with E-state index in [-0.39, 0.29) is 0 Å². The van der Waals surface area contributed by atoms with E-state index in [1.54, 1.807) is 0 Å². The van der Waals surface area contributed by atoms with Gasteiger partial charge in [0.15, 0.2) is 0 Å². The highest BCUT2D eigenvalue weighted by Gasteiger charge is 2.24. The number of hydrogen-bond acceptors (Lipinski definition) is 5. The van der Waals surface area contributed by atoms with Crippen LogP contribution in [0.25, 0.3) is 10.2 Å². The van der Waals surface area contributed by atoms with Crippen molar-refractivity contribution in [3.63, 3.8) is 0 Å². The highest BCUT2D eigenvalue weighted by Crippen LogP contribution is 2.33. The van der Waals surface area contributed by atoms with Gasteiger partial charge in [-0.05, 0) is 63.9 Å². The molecule has 0 saturated carbocycles. The zero-order valence-corrected chi connectivity index (χ0v) is 17.6. The van der Waals surface area contributed by atoms with Crippen LogP contribution >= 0.6 is 11.3 Å². The van der Waals surface area contributed by atoms with Crippen LogP contribution in [0.1, 0.15) is 43.5 Å². The summed E-state index contributed by atoms with van der Waals surface area (Å²) in [6.07, 6.45) is 4.62. The minimum Gasteiger partial charge on any atom is -0.361 e. The van der Waals surface area contributed by atoms with Crippen molar-refractivity contribution >= 4 is 33.4 Å². The highest BCUT2D eigenvalue weighted by molar-refractivity contribution is 7.18. The maximum atomic E-state index is 11.1. The molecule has 7 heteroatoms. The van der Waals surface area contributed by atoms with Gasteiger partial charge in [0.1, 0.15) is 0 Å². The first-order chi connectivity index (χ1) is 13.4. The van der Waals surface area contributed by atoms with E-state index >= 15 is 0 Å². The summed E-state index contributed by atoms with van der Waals surface area (Å²) in [5.41, 5.74) is 6.05. The molecule has 0 aliphatic carbocycles. The summed E-state index contributed by atoms with van der Waals surface area (Å²) in [6, 6.07) is 8.45. The largest absolute Gasteiger partial charge is 0.361 e. The minimum absolute atomic E-state index is 0.488. The molecule has 6 nitrogen and oxygen atoms in total. The fourth-order valence-corrected chi connectivity index (χ4v) is 4.99. The van der Waals surface area contributed by atoms with E-state index in [1.165, 1.54) is 46.1 Å². The van der Waals surface area contributed by atoms with Gasteiger partial charge in [-0.2, -0.15) is 0 Å². The summed E-state index contributed by atoms with van der Waals surface area (Å²) in [5, 5.41) is 1.34. The fraction of sp³-hybridized carbons (Fsp3) is 0.571. The van der Waals surface area contributed by atoms with E-state index in [2.05, 4.69) is 43.1 Å². The molecule has 152 valence electrons. The summed E-state index contributed by atoms with van der Waals surface area (Å²) in [7, 11) is 2.20. The molecule has 1 aromatic carbocycles. The summed E-state index contributed by atoms with van der Waals surface area (Å²) in [5.74, 6) is -0.207. The number of amides is 2. The van der Waals surface area contributed by atoms with Crippen molar-refractivity contribution in [3.05, 3.63) is 29.3 Å². The second-order valence-electron chi connectivity index (χ2n) is 7.96. The van der Waals surface area contributed by atoms with Crippen molar-refractivity contribution < 1.29 is 9.59 Å². The molecule has 4 rings (SSSR count). The number of rotatable bonds is 1. The Kier molecular flexibility index (Phi) is 7.02. The third kappa shape index (κ3) is 5.29. The van der Waals surface area contributed by atoms with Crippen molar-refractivity contribution in [2.45, 2.75) is 38.5 Å². The lowest BCUT2D eigenvalue weighted by molar-refractivity contribution is -0.145. The molecule has 2 aliphatic heterocycles. The Balaban J connectivity index is 0.000000169. The first kappa shape index (κ1) is 20.7. The zero-order chi connectivity index (χ0) is 20.1. The molecule has 0 bridgehead atoms. The van der Waals surface area contributed by atoms with Gasteiger partial charge >= 0.3 is 11.8 Å². The Hall–Kier alpha value is -1.99. The van der Waals surface area contributed by atoms with Gasteiger partial charge in [-0.15, -0.1) is 11.3 Å². The first-order valence-electron chi connectivity index (χ1n) is 10.1. The molecule has 2 aromatic rings. The molecule has 28 heavy (non-hydrogen) atoms. The Morgan fingerprint density at radius 1 is 1.14 bits per heavy atom. The second-order valence-corrected chi connectivity index (χ2v) is 9.02. The number of piperidine rings is 2. The van der Waals surface area contributed by atoms with E-state index in [1.807, 2.05) is 11.3 Å². The number of aromatic nitrogens is 1. The topological polar surface area (TPSA) is 79.5 Å². The van der Waals surface area contributed by atoms with E-state index in [0.29, 0.717) is 24.9 Å². The third-order valence-corrected chi connectivity index (χ3v) is 6.73. The van der Waals surface area contributed by atoms with E-state index < -0.39 is 11.8 Å². The number of thiazole rings is 1. The second kappa shape index (κ2) is 9.47. The maximum Gasteiger partial charge on any atom is 0.311 e. The van der Waals surface area contributed by atoms with Crippen LogP contribution in [0.4, 0.5) is 0 Å². The molecular formula is C21H30N4O2S. The molecule has 0 radical (unpaired) electrons. The molecule has 2 aliphatic rings. The number of carbonyl (C=O) groups is 2. The van der Waals surface area contributed by atoms with Crippen LogP contribution < -0.4 is 5.73 Å². The number of nitrogens with zero attached hydrogens (tertiary/aromatic N) is 3. The standard InChI is InChI=1S/C13H16N2S.C8H14N2O2/c1-15-8-6-10(7-9-15)13-14-11-4-2-3-5-12(11)16-13;1-6-3-2-4-10(5-6)8(12)7(9)11/h2-5,10H,6-9H2,1H3;6H,2-5H2,1H3,(H2,9,11). The van der Waals surface area contributed by atoms with Crippen LogP contribution in [0, 0.1) is 5.92 Å². The summed E-state index contributed by atoms with van der Waals surface area (Å²) in [6.45, 7) is 5.83. The van der Waals surface area contributed by atoms with Gasteiger partial charge in [0, 0.05) is 19.0 Å².